The van der Waals surface area contributed by atoms with Crippen molar-refractivity contribution < 1.29 is 28.6 Å². The van der Waals surface area contributed by atoms with Crippen molar-refractivity contribution in [2.45, 2.75) is 83.8 Å². The molecule has 8 heteroatoms. The quantitative estimate of drug-likeness (QED) is 0.573. The third kappa shape index (κ3) is 6.46. The molecule has 27 heavy (non-hydrogen) atoms. The monoisotopic (exact) mass is 403 g/mol. The minimum absolute atomic E-state index is 0.0141. The second kappa shape index (κ2) is 8.49. The van der Waals surface area contributed by atoms with E-state index in [4.69, 9.17) is 13.9 Å². The molecule has 158 valence electrons. The van der Waals surface area contributed by atoms with Crippen LogP contribution in [0, 0.1) is 5.92 Å². The first-order chi connectivity index (χ1) is 12.1. The number of rotatable bonds is 4. The second-order valence-corrected chi connectivity index (χ2v) is 14.6. The van der Waals surface area contributed by atoms with E-state index in [0.29, 0.717) is 6.61 Å². The Balaban J connectivity index is 3.01. The molecule has 0 spiro atoms. The molecule has 0 aliphatic carbocycles. The summed E-state index contributed by atoms with van der Waals surface area (Å²) in [6, 6.07) is -0.360. The molecule has 1 fully saturated rings. The highest BCUT2D eigenvalue weighted by atomic mass is 28.4. The summed E-state index contributed by atoms with van der Waals surface area (Å²) in [7, 11) is -0.730. The van der Waals surface area contributed by atoms with Gasteiger partial charge in [0, 0.05) is 0 Å². The lowest BCUT2D eigenvalue weighted by Crippen LogP contribution is -2.57. The average Bonchev–Trinajstić information content (AvgIpc) is 2.49. The third-order valence-corrected chi connectivity index (χ3v) is 9.89. The van der Waals surface area contributed by atoms with Crippen LogP contribution in [0.15, 0.2) is 0 Å². The van der Waals surface area contributed by atoms with Gasteiger partial charge in [0.25, 0.3) is 0 Å². The molecule has 1 saturated heterocycles. The van der Waals surface area contributed by atoms with Crippen molar-refractivity contribution in [2.75, 3.05) is 20.3 Å². The van der Waals surface area contributed by atoms with Crippen molar-refractivity contribution in [1.82, 2.24) is 4.90 Å². The summed E-state index contributed by atoms with van der Waals surface area (Å²) in [5.41, 5.74) is -0.647. The van der Waals surface area contributed by atoms with Crippen LogP contribution in [0.1, 0.15) is 48.0 Å². The van der Waals surface area contributed by atoms with Crippen molar-refractivity contribution in [1.29, 1.82) is 0 Å². The number of likely N-dealkylation sites (tertiary alicyclic amines) is 1. The Kier molecular flexibility index (Phi) is 7.52. The lowest BCUT2D eigenvalue weighted by Gasteiger charge is -2.43. The fourth-order valence-electron chi connectivity index (χ4n) is 2.68. The van der Waals surface area contributed by atoms with Crippen molar-refractivity contribution in [3.05, 3.63) is 0 Å². The fourth-order valence-corrected chi connectivity index (χ4v) is 3.73. The molecular formula is C19H37NO6Si. The average molecular weight is 404 g/mol. The number of nitrogens with zero attached hydrogens (tertiary/aromatic N) is 1. The van der Waals surface area contributed by atoms with Gasteiger partial charge in [-0.2, -0.15) is 0 Å². The van der Waals surface area contributed by atoms with E-state index >= 15 is 0 Å². The standard InChI is InChI=1S/C19H37NO6Si/c1-18(2,3)26-17(23)20-11-15(21)14(16(22)24-7)10-13(20)12-25-27(8,9)19(4,5)6/h13-15,21H,10-12H2,1-9H3/t13-,14?,15?/m0/s1. The first-order valence-corrected chi connectivity index (χ1v) is 12.4. The Morgan fingerprint density at radius 3 is 2.15 bits per heavy atom. The van der Waals surface area contributed by atoms with Gasteiger partial charge in [-0.25, -0.2) is 4.79 Å². The number of carbonyl (C=O) groups is 2. The van der Waals surface area contributed by atoms with Crippen LogP contribution >= 0.6 is 0 Å². The van der Waals surface area contributed by atoms with Crippen LogP contribution < -0.4 is 0 Å². The number of β-amino-alcohol motifs (C(OH)–C–C–N with tert-alkyl or cyclic N) is 1. The highest BCUT2D eigenvalue weighted by Crippen LogP contribution is 2.37. The van der Waals surface area contributed by atoms with Gasteiger partial charge in [-0.05, 0) is 45.3 Å². The number of piperidine rings is 1. The van der Waals surface area contributed by atoms with Gasteiger partial charge in [-0.15, -0.1) is 0 Å². The van der Waals surface area contributed by atoms with Crippen LogP contribution in [-0.4, -0.2) is 68.4 Å². The SMILES string of the molecule is COC(=O)C1C[C@@H](CO[Si](C)(C)C(C)(C)C)N(C(=O)OC(C)(C)C)CC1O. The summed E-state index contributed by atoms with van der Waals surface area (Å²) >= 11 is 0. The molecule has 0 radical (unpaired) electrons. The summed E-state index contributed by atoms with van der Waals surface area (Å²) in [6.07, 6.45) is -1.22. The number of amides is 1. The van der Waals surface area contributed by atoms with Gasteiger partial charge in [0.2, 0.25) is 0 Å². The van der Waals surface area contributed by atoms with E-state index in [1.807, 2.05) is 0 Å². The minimum atomic E-state index is -2.03. The zero-order valence-corrected chi connectivity index (χ0v) is 19.3. The summed E-state index contributed by atoms with van der Waals surface area (Å²) in [5, 5.41) is 10.4. The molecule has 0 saturated carbocycles. The van der Waals surface area contributed by atoms with E-state index in [1.54, 1.807) is 20.8 Å². The highest BCUT2D eigenvalue weighted by molar-refractivity contribution is 6.74. The van der Waals surface area contributed by atoms with Gasteiger partial charge < -0.3 is 23.9 Å². The minimum Gasteiger partial charge on any atom is -0.469 e. The molecule has 7 nitrogen and oxygen atoms in total. The number of methoxy groups -OCH3 is 1. The van der Waals surface area contributed by atoms with Crippen LogP contribution in [0.4, 0.5) is 4.79 Å². The van der Waals surface area contributed by atoms with E-state index in [1.165, 1.54) is 12.0 Å². The Morgan fingerprint density at radius 1 is 1.15 bits per heavy atom. The van der Waals surface area contributed by atoms with Crippen molar-refractivity contribution >= 4 is 20.4 Å². The lowest BCUT2D eigenvalue weighted by molar-refractivity contribution is -0.154. The zero-order valence-electron chi connectivity index (χ0n) is 18.3. The first-order valence-electron chi connectivity index (χ1n) is 9.48. The molecule has 0 aromatic rings. The van der Waals surface area contributed by atoms with E-state index in [0.717, 1.165) is 0 Å². The van der Waals surface area contributed by atoms with Gasteiger partial charge in [0.05, 0.1) is 38.3 Å². The molecule has 0 aromatic carbocycles. The molecule has 3 atom stereocenters. The number of ether oxygens (including phenoxy) is 2. The molecule has 1 N–H and O–H groups in total. The van der Waals surface area contributed by atoms with Crippen LogP contribution in [0.25, 0.3) is 0 Å². The van der Waals surface area contributed by atoms with Crippen LogP contribution in [0.5, 0.6) is 0 Å². The Labute approximate surface area is 164 Å². The topological polar surface area (TPSA) is 85.3 Å². The Bertz CT molecular complexity index is 537. The summed E-state index contributed by atoms with van der Waals surface area (Å²) in [4.78, 5) is 26.2. The number of hydrogen-bond acceptors (Lipinski definition) is 6. The molecule has 1 rings (SSSR count). The van der Waals surface area contributed by atoms with Crippen molar-refractivity contribution in [3.63, 3.8) is 0 Å². The molecule has 0 aromatic heterocycles. The Hall–Kier alpha value is -1.12. The maximum Gasteiger partial charge on any atom is 0.410 e. The summed E-state index contributed by atoms with van der Waals surface area (Å²) < 4.78 is 16.6. The predicted octanol–water partition coefficient (Wildman–Crippen LogP) is 3.17. The van der Waals surface area contributed by atoms with E-state index < -0.39 is 38.0 Å². The van der Waals surface area contributed by atoms with E-state index in [2.05, 4.69) is 33.9 Å². The number of aliphatic hydroxyl groups excluding tert-OH is 1. The molecule has 0 bridgehead atoms. The van der Waals surface area contributed by atoms with Crippen LogP contribution in [-0.2, 0) is 18.7 Å². The number of aliphatic hydroxyl groups is 1. The van der Waals surface area contributed by atoms with E-state index in [9.17, 15) is 14.7 Å². The van der Waals surface area contributed by atoms with E-state index in [-0.39, 0.29) is 24.0 Å². The van der Waals surface area contributed by atoms with Gasteiger partial charge in [-0.1, -0.05) is 20.8 Å². The molecular weight excluding hydrogens is 366 g/mol. The molecule has 1 amide bonds. The van der Waals surface area contributed by atoms with Gasteiger partial charge in [0.1, 0.15) is 5.60 Å². The van der Waals surface area contributed by atoms with Gasteiger partial charge in [0.15, 0.2) is 8.32 Å². The van der Waals surface area contributed by atoms with Crippen LogP contribution in [0.3, 0.4) is 0 Å². The van der Waals surface area contributed by atoms with Gasteiger partial charge >= 0.3 is 12.1 Å². The molecule has 1 heterocycles. The zero-order chi connectivity index (χ0) is 21.2. The van der Waals surface area contributed by atoms with Gasteiger partial charge in [-0.3, -0.25) is 4.79 Å². The van der Waals surface area contributed by atoms with Crippen molar-refractivity contribution in [2.24, 2.45) is 5.92 Å². The first kappa shape index (κ1) is 23.9. The smallest absolute Gasteiger partial charge is 0.410 e. The highest BCUT2D eigenvalue weighted by Gasteiger charge is 2.44. The molecule has 1 aliphatic rings. The molecule has 1 aliphatic heterocycles. The number of hydrogen-bond donors (Lipinski definition) is 1. The fraction of sp³-hybridized carbons (Fsp3) is 0.895. The molecule has 2 unspecified atom stereocenters. The number of carbonyl (C=O) groups excluding carboxylic acids is 2. The maximum absolute atomic E-state index is 12.7. The Morgan fingerprint density at radius 2 is 1.70 bits per heavy atom. The van der Waals surface area contributed by atoms with Crippen molar-refractivity contribution in [3.8, 4) is 0 Å². The normalized spacial score (nSPS) is 24.5. The number of esters is 1. The summed E-state index contributed by atoms with van der Waals surface area (Å²) in [5.74, 6) is -1.15. The largest absolute Gasteiger partial charge is 0.469 e. The predicted molar refractivity (Wildman–Crippen MR) is 106 cm³/mol. The lowest BCUT2D eigenvalue weighted by atomic mass is 9.89. The summed E-state index contributed by atoms with van der Waals surface area (Å²) in [6.45, 7) is 16.4. The second-order valence-electron chi connectivity index (χ2n) is 9.79. The third-order valence-electron chi connectivity index (χ3n) is 5.39. The van der Waals surface area contributed by atoms with Crippen LogP contribution in [0.2, 0.25) is 18.1 Å². The maximum atomic E-state index is 12.7.